The van der Waals surface area contributed by atoms with Crippen LogP contribution in [0.25, 0.3) is 0 Å². The summed E-state index contributed by atoms with van der Waals surface area (Å²) in [4.78, 5) is 0. The van der Waals surface area contributed by atoms with Crippen LogP contribution in [0.5, 0.6) is 0 Å². The lowest BCUT2D eigenvalue weighted by Gasteiger charge is -2.15. The van der Waals surface area contributed by atoms with Gasteiger partial charge in [-0.1, -0.05) is 13.8 Å². The summed E-state index contributed by atoms with van der Waals surface area (Å²) < 4.78 is 35.3. The molecule has 0 aromatic rings. The van der Waals surface area contributed by atoms with E-state index in [1.807, 2.05) is 13.8 Å². The van der Waals surface area contributed by atoms with E-state index in [9.17, 15) is 13.2 Å². The van der Waals surface area contributed by atoms with Gasteiger partial charge in [0.1, 0.15) is 6.04 Å². The zero-order valence-corrected chi connectivity index (χ0v) is 6.78. The predicted molar refractivity (Wildman–Crippen MR) is 38.1 cm³/mol. The molecule has 0 saturated carbocycles. The van der Waals surface area contributed by atoms with Gasteiger partial charge in [0, 0.05) is 0 Å². The summed E-state index contributed by atoms with van der Waals surface area (Å²) in [7, 11) is 0. The van der Waals surface area contributed by atoms with E-state index in [1.54, 1.807) is 0 Å². The van der Waals surface area contributed by atoms with Gasteiger partial charge in [-0.3, -0.25) is 0 Å². The van der Waals surface area contributed by atoms with Crippen LogP contribution in [-0.4, -0.2) is 12.2 Å². The molecule has 1 atom stereocenters. The van der Waals surface area contributed by atoms with E-state index in [-0.39, 0.29) is 12.3 Å². The lowest BCUT2D eigenvalue weighted by atomic mass is 10.0. The second-order valence-corrected chi connectivity index (χ2v) is 3.12. The van der Waals surface area contributed by atoms with Gasteiger partial charge < -0.3 is 5.73 Å². The summed E-state index contributed by atoms with van der Waals surface area (Å²) in [5.41, 5.74) is 4.87. The summed E-state index contributed by atoms with van der Waals surface area (Å²) in [6.45, 7) is 3.76. The predicted octanol–water partition coefficient (Wildman–Crippen LogP) is 2.31. The largest absolute Gasteiger partial charge is 0.403 e. The Kier molecular flexibility index (Phi) is 3.86. The van der Waals surface area contributed by atoms with E-state index in [1.165, 1.54) is 0 Å². The van der Waals surface area contributed by atoms with Gasteiger partial charge in [0.05, 0.1) is 0 Å². The molecule has 0 aliphatic rings. The molecule has 0 aromatic carbocycles. The maximum Gasteiger partial charge on any atom is 0.403 e. The minimum Gasteiger partial charge on any atom is -0.320 e. The Morgan fingerprint density at radius 3 is 1.91 bits per heavy atom. The van der Waals surface area contributed by atoms with E-state index < -0.39 is 12.2 Å². The van der Waals surface area contributed by atoms with E-state index in [0.29, 0.717) is 6.42 Å². The SMILES string of the molecule is CC(C)CCC(N)C(F)(F)F. The summed E-state index contributed by atoms with van der Waals surface area (Å²) in [5.74, 6) is 0.281. The van der Waals surface area contributed by atoms with Gasteiger partial charge >= 0.3 is 6.18 Å². The summed E-state index contributed by atoms with van der Waals surface area (Å²) >= 11 is 0. The highest BCUT2D eigenvalue weighted by molar-refractivity contribution is 4.70. The quantitative estimate of drug-likeness (QED) is 0.689. The zero-order chi connectivity index (χ0) is 9.07. The first-order valence-corrected chi connectivity index (χ1v) is 3.66. The van der Waals surface area contributed by atoms with Crippen molar-refractivity contribution in [3.63, 3.8) is 0 Å². The van der Waals surface area contributed by atoms with Crippen molar-refractivity contribution in [1.29, 1.82) is 0 Å². The average Bonchev–Trinajstić information content (AvgIpc) is 1.80. The van der Waals surface area contributed by atoms with Crippen molar-refractivity contribution in [2.24, 2.45) is 11.7 Å². The summed E-state index contributed by atoms with van der Waals surface area (Å²) in [6.07, 6.45) is -3.67. The van der Waals surface area contributed by atoms with Crippen LogP contribution in [-0.2, 0) is 0 Å². The first kappa shape index (κ1) is 10.8. The Morgan fingerprint density at radius 2 is 1.64 bits per heavy atom. The van der Waals surface area contributed by atoms with Crippen molar-refractivity contribution < 1.29 is 13.2 Å². The molecule has 0 fully saturated rings. The molecular formula is C7H14F3N. The first-order valence-electron chi connectivity index (χ1n) is 3.66. The molecular weight excluding hydrogens is 155 g/mol. The van der Waals surface area contributed by atoms with Gasteiger partial charge in [-0.25, -0.2) is 0 Å². The Balaban J connectivity index is 3.61. The van der Waals surface area contributed by atoms with Crippen molar-refractivity contribution in [2.75, 3.05) is 0 Å². The molecule has 11 heavy (non-hydrogen) atoms. The lowest BCUT2D eigenvalue weighted by Crippen LogP contribution is -2.37. The number of alkyl halides is 3. The minimum atomic E-state index is -4.23. The molecule has 0 spiro atoms. The fraction of sp³-hybridized carbons (Fsp3) is 1.00. The molecule has 1 nitrogen and oxygen atoms in total. The van der Waals surface area contributed by atoms with E-state index in [4.69, 9.17) is 5.73 Å². The standard InChI is InChI=1S/C7H14F3N/c1-5(2)3-4-6(11)7(8,9)10/h5-6H,3-4,11H2,1-2H3. The molecule has 0 radical (unpaired) electrons. The van der Waals surface area contributed by atoms with Crippen molar-refractivity contribution in [3.05, 3.63) is 0 Å². The van der Waals surface area contributed by atoms with Crippen LogP contribution in [0.1, 0.15) is 26.7 Å². The average molecular weight is 169 g/mol. The molecule has 0 rings (SSSR count). The Bertz CT molecular complexity index is 109. The van der Waals surface area contributed by atoms with E-state index >= 15 is 0 Å². The second-order valence-electron chi connectivity index (χ2n) is 3.12. The maximum absolute atomic E-state index is 11.8. The normalized spacial score (nSPS) is 15.5. The maximum atomic E-state index is 11.8. The van der Waals surface area contributed by atoms with Crippen molar-refractivity contribution >= 4 is 0 Å². The Hall–Kier alpha value is -0.250. The highest BCUT2D eigenvalue weighted by Gasteiger charge is 2.35. The Morgan fingerprint density at radius 1 is 1.18 bits per heavy atom. The molecule has 0 saturated heterocycles. The third-order valence-corrected chi connectivity index (χ3v) is 1.48. The fourth-order valence-corrected chi connectivity index (χ4v) is 0.677. The van der Waals surface area contributed by atoms with Crippen LogP contribution in [0, 0.1) is 5.92 Å². The van der Waals surface area contributed by atoms with Gasteiger partial charge in [-0.15, -0.1) is 0 Å². The smallest absolute Gasteiger partial charge is 0.320 e. The molecule has 0 amide bonds. The summed E-state index contributed by atoms with van der Waals surface area (Å²) in [5, 5.41) is 0. The molecule has 0 bridgehead atoms. The van der Waals surface area contributed by atoms with Crippen LogP contribution < -0.4 is 5.73 Å². The second kappa shape index (κ2) is 3.95. The lowest BCUT2D eigenvalue weighted by molar-refractivity contribution is -0.149. The Labute approximate surface area is 64.8 Å². The van der Waals surface area contributed by atoms with Gasteiger partial charge in [0.25, 0.3) is 0 Å². The first-order chi connectivity index (χ1) is 4.84. The third kappa shape index (κ3) is 5.07. The zero-order valence-electron chi connectivity index (χ0n) is 6.78. The highest BCUT2D eigenvalue weighted by Crippen LogP contribution is 2.22. The summed E-state index contributed by atoms with van der Waals surface area (Å²) in [6, 6.07) is -1.65. The van der Waals surface area contributed by atoms with Crippen LogP contribution in [0.2, 0.25) is 0 Å². The van der Waals surface area contributed by atoms with E-state index in [0.717, 1.165) is 0 Å². The monoisotopic (exact) mass is 169 g/mol. The minimum absolute atomic E-state index is 0.0289. The number of hydrogen-bond donors (Lipinski definition) is 1. The van der Waals surface area contributed by atoms with E-state index in [2.05, 4.69) is 0 Å². The van der Waals surface area contributed by atoms with Crippen LogP contribution in [0.3, 0.4) is 0 Å². The van der Waals surface area contributed by atoms with Gasteiger partial charge in [-0.05, 0) is 18.8 Å². The van der Waals surface area contributed by atoms with Crippen LogP contribution in [0.15, 0.2) is 0 Å². The molecule has 0 aromatic heterocycles. The number of nitrogens with two attached hydrogens (primary N) is 1. The van der Waals surface area contributed by atoms with Gasteiger partial charge in [0.15, 0.2) is 0 Å². The third-order valence-electron chi connectivity index (χ3n) is 1.48. The molecule has 0 aliphatic heterocycles. The van der Waals surface area contributed by atoms with Crippen LogP contribution in [0.4, 0.5) is 13.2 Å². The molecule has 68 valence electrons. The topological polar surface area (TPSA) is 26.0 Å². The molecule has 4 heteroatoms. The van der Waals surface area contributed by atoms with Crippen molar-refractivity contribution in [1.82, 2.24) is 0 Å². The fourth-order valence-electron chi connectivity index (χ4n) is 0.677. The molecule has 0 aliphatic carbocycles. The number of halogens is 3. The highest BCUT2D eigenvalue weighted by atomic mass is 19.4. The molecule has 0 heterocycles. The van der Waals surface area contributed by atoms with Crippen molar-refractivity contribution in [2.45, 2.75) is 38.9 Å². The van der Waals surface area contributed by atoms with Crippen LogP contribution >= 0.6 is 0 Å². The van der Waals surface area contributed by atoms with Gasteiger partial charge in [0.2, 0.25) is 0 Å². The number of rotatable bonds is 3. The number of hydrogen-bond acceptors (Lipinski definition) is 1. The molecule has 1 unspecified atom stereocenters. The van der Waals surface area contributed by atoms with Gasteiger partial charge in [-0.2, -0.15) is 13.2 Å². The molecule has 2 N–H and O–H groups in total. The van der Waals surface area contributed by atoms with Crippen molar-refractivity contribution in [3.8, 4) is 0 Å².